The average Bonchev–Trinajstić information content (AvgIpc) is 2.80. The number of carbonyl (C=O) groups excluding carboxylic acids is 1. The summed E-state index contributed by atoms with van der Waals surface area (Å²) in [5, 5.41) is 0. The molecule has 0 radical (unpaired) electrons. The molecule has 122 valence electrons. The van der Waals surface area contributed by atoms with Crippen molar-refractivity contribution in [3.63, 3.8) is 0 Å². The maximum absolute atomic E-state index is 12.5. The van der Waals surface area contributed by atoms with Gasteiger partial charge in [-0.3, -0.25) is 4.79 Å². The van der Waals surface area contributed by atoms with E-state index >= 15 is 0 Å². The van der Waals surface area contributed by atoms with Crippen LogP contribution >= 0.6 is 0 Å². The predicted molar refractivity (Wildman–Crippen MR) is 85.9 cm³/mol. The van der Waals surface area contributed by atoms with Crippen LogP contribution in [0, 0.1) is 6.92 Å². The molecule has 0 saturated carbocycles. The zero-order chi connectivity index (χ0) is 16.3. The minimum absolute atomic E-state index is 0.0193. The Morgan fingerprint density at radius 1 is 1.41 bits per heavy atom. The quantitative estimate of drug-likeness (QED) is 0.824. The molecule has 1 heterocycles. The molecule has 1 unspecified atom stereocenters. The van der Waals surface area contributed by atoms with Gasteiger partial charge in [-0.2, -0.15) is 0 Å². The fourth-order valence-electron chi connectivity index (χ4n) is 2.99. The highest BCUT2D eigenvalue weighted by molar-refractivity contribution is 7.91. The molecule has 1 saturated heterocycles. The van der Waals surface area contributed by atoms with Gasteiger partial charge in [0.15, 0.2) is 9.84 Å². The lowest BCUT2D eigenvalue weighted by molar-refractivity contribution is -0.132. The molecule has 2 rings (SSSR count). The zero-order valence-electron chi connectivity index (χ0n) is 13.3. The molecular weight excluding hydrogens is 302 g/mol. The van der Waals surface area contributed by atoms with Crippen LogP contribution in [0.4, 0.5) is 0 Å². The van der Waals surface area contributed by atoms with Gasteiger partial charge < -0.3 is 9.64 Å². The molecule has 0 N–H and O–H groups in total. The van der Waals surface area contributed by atoms with E-state index in [0.717, 1.165) is 16.9 Å². The van der Waals surface area contributed by atoms with Crippen molar-refractivity contribution in [3.05, 3.63) is 29.3 Å². The summed E-state index contributed by atoms with van der Waals surface area (Å²) in [6.07, 6.45) is 0.832. The number of aryl methyl sites for hydroxylation is 1. The Morgan fingerprint density at radius 3 is 2.64 bits per heavy atom. The number of amides is 1. The topological polar surface area (TPSA) is 63.7 Å². The summed E-state index contributed by atoms with van der Waals surface area (Å²) < 4.78 is 28.4. The summed E-state index contributed by atoms with van der Waals surface area (Å²) in [6, 6.07) is 5.49. The third-order valence-electron chi connectivity index (χ3n) is 4.12. The van der Waals surface area contributed by atoms with Crippen LogP contribution in [0.25, 0.3) is 0 Å². The van der Waals surface area contributed by atoms with Crippen molar-refractivity contribution in [2.45, 2.75) is 32.7 Å². The van der Waals surface area contributed by atoms with E-state index in [1.807, 2.05) is 32.0 Å². The highest BCUT2D eigenvalue weighted by Gasteiger charge is 2.33. The zero-order valence-corrected chi connectivity index (χ0v) is 14.1. The van der Waals surface area contributed by atoms with Crippen molar-refractivity contribution in [2.75, 3.05) is 25.2 Å². The number of likely N-dealkylation sites (N-methyl/N-ethyl adjacent to an activating group) is 1. The Bertz CT molecular complexity index is 654. The van der Waals surface area contributed by atoms with Crippen molar-refractivity contribution in [1.29, 1.82) is 0 Å². The normalized spacial score (nSPS) is 19.9. The molecular formula is C16H23NO4S. The monoisotopic (exact) mass is 325 g/mol. The standard InChI is InChI=1S/C16H23NO4S/c1-4-17(14-7-8-22(19,20)11-14)16(18)10-13-5-6-15(21-3)12(2)9-13/h5-6,9,14H,4,7-8,10-11H2,1-3H3. The van der Waals surface area contributed by atoms with Crippen LogP contribution in [0.3, 0.4) is 0 Å². The van der Waals surface area contributed by atoms with Crippen LogP contribution in [0.2, 0.25) is 0 Å². The second-order valence-electron chi connectivity index (χ2n) is 5.72. The Kier molecular flexibility index (Phi) is 5.11. The maximum atomic E-state index is 12.5. The SMILES string of the molecule is CCN(C(=O)Cc1ccc(OC)c(C)c1)C1CCS(=O)(=O)C1. The molecule has 1 aliphatic rings. The molecule has 0 aromatic heterocycles. The number of carbonyl (C=O) groups is 1. The Morgan fingerprint density at radius 2 is 2.14 bits per heavy atom. The van der Waals surface area contributed by atoms with E-state index in [2.05, 4.69) is 0 Å². The fourth-order valence-corrected chi connectivity index (χ4v) is 4.72. The van der Waals surface area contributed by atoms with E-state index in [-0.39, 0.29) is 29.9 Å². The molecule has 6 heteroatoms. The third kappa shape index (κ3) is 3.80. The largest absolute Gasteiger partial charge is 0.496 e. The number of methoxy groups -OCH3 is 1. The minimum Gasteiger partial charge on any atom is -0.496 e. The average molecular weight is 325 g/mol. The van der Waals surface area contributed by atoms with Crippen molar-refractivity contribution in [1.82, 2.24) is 4.90 Å². The Labute approximate surface area is 132 Å². The van der Waals surface area contributed by atoms with Gasteiger partial charge in [0.25, 0.3) is 0 Å². The second-order valence-corrected chi connectivity index (χ2v) is 7.95. The van der Waals surface area contributed by atoms with Crippen LogP contribution < -0.4 is 4.74 Å². The Hall–Kier alpha value is -1.56. The fraction of sp³-hybridized carbons (Fsp3) is 0.562. The van der Waals surface area contributed by atoms with Crippen LogP contribution in [0.1, 0.15) is 24.5 Å². The van der Waals surface area contributed by atoms with Gasteiger partial charge in [0, 0.05) is 12.6 Å². The second kappa shape index (κ2) is 6.69. The van der Waals surface area contributed by atoms with E-state index in [9.17, 15) is 13.2 Å². The van der Waals surface area contributed by atoms with Gasteiger partial charge in [-0.15, -0.1) is 0 Å². The third-order valence-corrected chi connectivity index (χ3v) is 5.88. The number of hydrogen-bond donors (Lipinski definition) is 0. The first-order valence-electron chi connectivity index (χ1n) is 7.49. The van der Waals surface area contributed by atoms with Gasteiger partial charge in [-0.05, 0) is 37.5 Å². The molecule has 0 aliphatic carbocycles. The van der Waals surface area contributed by atoms with Crippen LogP contribution in [0.5, 0.6) is 5.75 Å². The van der Waals surface area contributed by atoms with Gasteiger partial charge in [0.1, 0.15) is 5.75 Å². The van der Waals surface area contributed by atoms with Gasteiger partial charge >= 0.3 is 0 Å². The Balaban J connectivity index is 2.08. The molecule has 5 nitrogen and oxygen atoms in total. The number of ether oxygens (including phenoxy) is 1. The smallest absolute Gasteiger partial charge is 0.227 e. The first kappa shape index (κ1) is 16.8. The summed E-state index contributed by atoms with van der Waals surface area (Å²) >= 11 is 0. The molecule has 1 aromatic carbocycles. The summed E-state index contributed by atoms with van der Waals surface area (Å²) in [5.74, 6) is 1.05. The van der Waals surface area contributed by atoms with E-state index in [0.29, 0.717) is 13.0 Å². The van der Waals surface area contributed by atoms with Gasteiger partial charge in [0.05, 0.1) is 25.0 Å². The maximum Gasteiger partial charge on any atom is 0.227 e. The predicted octanol–water partition coefficient (Wildman–Crippen LogP) is 1.58. The lowest BCUT2D eigenvalue weighted by atomic mass is 10.1. The number of benzene rings is 1. The van der Waals surface area contributed by atoms with E-state index in [1.54, 1.807) is 12.0 Å². The van der Waals surface area contributed by atoms with Crippen LogP contribution in [-0.2, 0) is 21.1 Å². The summed E-state index contributed by atoms with van der Waals surface area (Å²) in [4.78, 5) is 14.2. The van der Waals surface area contributed by atoms with Crippen LogP contribution in [0.15, 0.2) is 18.2 Å². The first-order chi connectivity index (χ1) is 10.4. The lowest BCUT2D eigenvalue weighted by Crippen LogP contribution is -2.41. The van der Waals surface area contributed by atoms with Crippen molar-refractivity contribution in [3.8, 4) is 5.75 Å². The molecule has 22 heavy (non-hydrogen) atoms. The highest BCUT2D eigenvalue weighted by Crippen LogP contribution is 2.21. The van der Waals surface area contributed by atoms with E-state index < -0.39 is 9.84 Å². The van der Waals surface area contributed by atoms with Gasteiger partial charge in [0.2, 0.25) is 5.91 Å². The molecule has 1 fully saturated rings. The van der Waals surface area contributed by atoms with E-state index in [4.69, 9.17) is 4.74 Å². The number of nitrogens with zero attached hydrogens (tertiary/aromatic N) is 1. The minimum atomic E-state index is -2.98. The number of hydrogen-bond acceptors (Lipinski definition) is 4. The summed E-state index contributed by atoms with van der Waals surface area (Å²) in [6.45, 7) is 4.37. The van der Waals surface area contributed by atoms with Gasteiger partial charge in [-0.1, -0.05) is 12.1 Å². The number of rotatable bonds is 5. The van der Waals surface area contributed by atoms with Crippen molar-refractivity contribution in [2.24, 2.45) is 0 Å². The molecule has 0 bridgehead atoms. The molecule has 1 amide bonds. The van der Waals surface area contributed by atoms with E-state index in [1.165, 1.54) is 0 Å². The molecule has 1 aromatic rings. The lowest BCUT2D eigenvalue weighted by Gasteiger charge is -2.27. The summed E-state index contributed by atoms with van der Waals surface area (Å²) in [5.41, 5.74) is 1.90. The van der Waals surface area contributed by atoms with Crippen molar-refractivity contribution >= 4 is 15.7 Å². The van der Waals surface area contributed by atoms with Crippen LogP contribution in [-0.4, -0.2) is 50.4 Å². The number of sulfone groups is 1. The molecule has 1 aliphatic heterocycles. The van der Waals surface area contributed by atoms with Gasteiger partial charge in [-0.25, -0.2) is 8.42 Å². The molecule has 0 spiro atoms. The molecule has 1 atom stereocenters. The van der Waals surface area contributed by atoms with Crippen molar-refractivity contribution < 1.29 is 17.9 Å². The first-order valence-corrected chi connectivity index (χ1v) is 9.32. The summed E-state index contributed by atoms with van der Waals surface area (Å²) in [7, 11) is -1.37. The highest BCUT2D eigenvalue weighted by atomic mass is 32.2.